The summed E-state index contributed by atoms with van der Waals surface area (Å²) in [5, 5.41) is 29.5. The highest BCUT2D eigenvalue weighted by Gasteiger charge is 2.22. The van der Waals surface area contributed by atoms with Crippen molar-refractivity contribution in [2.24, 2.45) is 0 Å². The maximum atomic E-state index is 11.9. The highest BCUT2D eigenvalue weighted by molar-refractivity contribution is 9.11. The van der Waals surface area contributed by atoms with Crippen LogP contribution in [0.3, 0.4) is 0 Å². The first-order valence-electron chi connectivity index (χ1n) is 22.9. The number of hydrogen-bond acceptors (Lipinski definition) is 10. The summed E-state index contributed by atoms with van der Waals surface area (Å²) in [6, 6.07) is 52.2. The van der Waals surface area contributed by atoms with Gasteiger partial charge in [-0.05, 0) is 154 Å². The predicted molar refractivity (Wildman–Crippen MR) is 321 cm³/mol. The molecular weight excluding hydrogens is 1260 g/mol. The molecule has 0 saturated carbocycles. The average Bonchev–Trinajstić information content (AvgIpc) is 3.37. The first-order valence-corrected chi connectivity index (χ1v) is 28.9. The van der Waals surface area contributed by atoms with Crippen LogP contribution in [0, 0.1) is 13.8 Å². The van der Waals surface area contributed by atoms with E-state index in [9.17, 15) is 27.0 Å². The summed E-state index contributed by atoms with van der Waals surface area (Å²) in [6.45, 7) is 3.93. The molecule has 392 valence electrons. The Bertz CT molecular complexity index is 3720. The van der Waals surface area contributed by atoms with Crippen molar-refractivity contribution in [2.45, 2.75) is 38.5 Å². The van der Waals surface area contributed by atoms with Crippen LogP contribution in [0.15, 0.2) is 198 Å². The first-order chi connectivity index (χ1) is 35.5. The van der Waals surface area contributed by atoms with Crippen LogP contribution in [0.1, 0.15) is 26.0 Å². The van der Waals surface area contributed by atoms with Crippen molar-refractivity contribution in [3.05, 3.63) is 199 Å². The van der Waals surface area contributed by atoms with Crippen LogP contribution in [-0.4, -0.2) is 53.5 Å². The molecule has 1 aliphatic heterocycles. The van der Waals surface area contributed by atoms with Crippen molar-refractivity contribution in [2.75, 3.05) is 26.4 Å². The van der Waals surface area contributed by atoms with Gasteiger partial charge in [-0.25, -0.2) is 0 Å². The quantitative estimate of drug-likeness (QED) is 0.111. The summed E-state index contributed by atoms with van der Waals surface area (Å²) < 4.78 is 73.5. The molecule has 76 heavy (non-hydrogen) atoms. The van der Waals surface area contributed by atoms with Crippen molar-refractivity contribution < 1.29 is 44.9 Å². The second-order valence-electron chi connectivity index (χ2n) is 17.1. The monoisotopic (exact) mass is 1310 g/mol. The molecule has 0 bridgehead atoms. The summed E-state index contributed by atoms with van der Waals surface area (Å²) in [6.07, 6.45) is 0. The molecule has 0 atom stereocenters. The van der Waals surface area contributed by atoms with Gasteiger partial charge in [-0.2, -0.15) is 16.8 Å². The summed E-state index contributed by atoms with van der Waals surface area (Å²) in [5.74, 6) is 2.10. The maximum Gasteiger partial charge on any atom is 0.297 e. The van der Waals surface area contributed by atoms with E-state index >= 15 is 0 Å². The molecule has 1 heterocycles. The Kier molecular flexibility index (Phi) is 18.8. The Morgan fingerprint density at radius 2 is 0.697 bits per heavy atom. The lowest BCUT2D eigenvalue weighted by atomic mass is 9.92. The van der Waals surface area contributed by atoms with Gasteiger partial charge in [0.15, 0.2) is 0 Å². The standard InChI is InChI=1S/C22H14Br2O2.C20H12Br2O2.C16H18O6S2.2CH4/c23-15-3-5-17-13(11-15)1-7-19-21(17)22-18-6-4-16(24)12-14(18)2-8-20(22)26-10-9-25-19;21-13-3-5-15-11(9-13)1-7-17(23)19(15)20-16-6-4-14(22)10-12(16)2-8-18(20)24;1-13-3-7-15(8-4-13)23(17,18)21-11-12-22-24(19,20)16-9-5-14(2)6-10-16;;/h1-8,11-12H,9-10H2;1-10,23-24H;3-10H,11-12H2,1-2H3;2*1H4. The smallest absolute Gasteiger partial charge is 0.297 e. The molecule has 2 N–H and O–H groups in total. The van der Waals surface area contributed by atoms with Crippen molar-refractivity contribution in [1.82, 2.24) is 0 Å². The number of aryl methyl sites for hydroxylation is 2. The molecule has 0 amide bonds. The van der Waals surface area contributed by atoms with Gasteiger partial charge in [-0.3, -0.25) is 8.37 Å². The van der Waals surface area contributed by atoms with E-state index in [0.717, 1.165) is 84.0 Å². The second kappa shape index (κ2) is 24.7. The highest BCUT2D eigenvalue weighted by atomic mass is 79.9. The van der Waals surface area contributed by atoms with Gasteiger partial charge in [0.2, 0.25) is 0 Å². The Morgan fingerprint density at radius 1 is 0.408 bits per heavy atom. The number of halogens is 4. The van der Waals surface area contributed by atoms with Crippen LogP contribution in [0.4, 0.5) is 0 Å². The highest BCUT2D eigenvalue weighted by Crippen LogP contribution is 2.48. The van der Waals surface area contributed by atoms with Crippen LogP contribution < -0.4 is 9.47 Å². The van der Waals surface area contributed by atoms with Crippen molar-refractivity contribution in [3.63, 3.8) is 0 Å². The third-order valence-electron chi connectivity index (χ3n) is 12.1. The number of benzene rings is 10. The van der Waals surface area contributed by atoms with Crippen LogP contribution in [-0.2, 0) is 28.6 Å². The molecule has 0 spiro atoms. The minimum atomic E-state index is -3.94. The SMILES string of the molecule is Brc1ccc2c3c(ccc2c1)OCCOc1ccc2cc(Br)ccc2c1-3.C.C.Cc1ccc(S(=O)(=O)OCCOS(=O)(=O)c2ccc(C)cc2)cc1.Oc1ccc2cc(Br)ccc2c1-c1c(O)ccc2cc(Br)ccc12. The van der Waals surface area contributed by atoms with Gasteiger partial charge < -0.3 is 19.7 Å². The van der Waals surface area contributed by atoms with Gasteiger partial charge in [-0.15, -0.1) is 0 Å². The molecule has 0 aliphatic carbocycles. The molecule has 0 aromatic heterocycles. The third-order valence-corrected chi connectivity index (χ3v) is 16.7. The van der Waals surface area contributed by atoms with Gasteiger partial charge in [-0.1, -0.05) is 162 Å². The summed E-state index contributed by atoms with van der Waals surface area (Å²) in [5.41, 5.74) is 5.31. The first kappa shape index (κ1) is 57.9. The van der Waals surface area contributed by atoms with Gasteiger partial charge in [0, 0.05) is 40.1 Å². The van der Waals surface area contributed by atoms with Crippen LogP contribution in [0.5, 0.6) is 23.0 Å². The van der Waals surface area contributed by atoms with Gasteiger partial charge in [0.1, 0.15) is 36.2 Å². The zero-order chi connectivity index (χ0) is 52.3. The Balaban J connectivity index is 0.000000164. The molecular formula is C60H52Br4O10S2. The lowest BCUT2D eigenvalue weighted by molar-refractivity contribution is 0.215. The van der Waals surface area contributed by atoms with E-state index in [1.807, 2.05) is 62.4 Å². The lowest BCUT2D eigenvalue weighted by Gasteiger charge is -2.22. The number of aromatic hydroxyl groups is 2. The topological polar surface area (TPSA) is 146 Å². The molecule has 10 aromatic carbocycles. The maximum absolute atomic E-state index is 11.9. The van der Waals surface area contributed by atoms with Crippen LogP contribution in [0.25, 0.3) is 65.3 Å². The largest absolute Gasteiger partial charge is 0.507 e. The van der Waals surface area contributed by atoms with Crippen molar-refractivity contribution in [1.29, 1.82) is 0 Å². The fourth-order valence-electron chi connectivity index (χ4n) is 8.56. The van der Waals surface area contributed by atoms with Crippen LogP contribution in [0.2, 0.25) is 0 Å². The third kappa shape index (κ3) is 12.9. The zero-order valence-corrected chi connectivity index (χ0v) is 47.5. The molecule has 0 fully saturated rings. The molecule has 16 heteroatoms. The van der Waals surface area contributed by atoms with E-state index in [2.05, 4.69) is 124 Å². The molecule has 0 radical (unpaired) electrons. The number of phenols is 2. The summed E-state index contributed by atoms with van der Waals surface area (Å²) in [4.78, 5) is 0.0176. The number of hydrogen-bond donors (Lipinski definition) is 2. The van der Waals surface area contributed by atoms with E-state index in [1.165, 1.54) is 35.0 Å². The Morgan fingerprint density at radius 3 is 1.01 bits per heavy atom. The van der Waals surface area contributed by atoms with E-state index in [4.69, 9.17) is 17.8 Å². The number of ether oxygens (including phenoxy) is 2. The van der Waals surface area contributed by atoms with E-state index < -0.39 is 33.5 Å². The molecule has 10 aromatic rings. The van der Waals surface area contributed by atoms with E-state index in [-0.39, 0.29) is 36.1 Å². The fourth-order valence-corrected chi connectivity index (χ4v) is 11.9. The zero-order valence-electron chi connectivity index (χ0n) is 39.5. The van der Waals surface area contributed by atoms with Crippen LogP contribution >= 0.6 is 63.7 Å². The number of fused-ring (bicyclic) bond motifs is 9. The van der Waals surface area contributed by atoms with Gasteiger partial charge in [0.05, 0.1) is 23.0 Å². The summed E-state index contributed by atoms with van der Waals surface area (Å²) in [7, 11) is -7.88. The lowest BCUT2D eigenvalue weighted by Crippen LogP contribution is -2.15. The number of rotatable bonds is 8. The predicted octanol–water partition coefficient (Wildman–Crippen LogP) is 17.2. The van der Waals surface area contributed by atoms with Crippen molar-refractivity contribution >= 4 is 127 Å². The minimum Gasteiger partial charge on any atom is -0.507 e. The molecule has 0 unspecified atom stereocenters. The van der Waals surface area contributed by atoms with Gasteiger partial charge in [0.25, 0.3) is 20.2 Å². The summed E-state index contributed by atoms with van der Waals surface area (Å²) >= 11 is 14.1. The number of phenolic OH excluding ortho intramolecular Hbond substituents is 2. The Hall–Kier alpha value is -5.82. The van der Waals surface area contributed by atoms with Crippen molar-refractivity contribution in [3.8, 4) is 45.3 Å². The van der Waals surface area contributed by atoms with E-state index in [1.54, 1.807) is 36.4 Å². The second-order valence-corrected chi connectivity index (χ2v) is 24.0. The minimum absolute atomic E-state index is 0. The average molecular weight is 1320 g/mol. The molecule has 1 aliphatic rings. The van der Waals surface area contributed by atoms with Gasteiger partial charge >= 0.3 is 0 Å². The molecule has 10 nitrogen and oxygen atoms in total. The molecule has 11 rings (SSSR count). The van der Waals surface area contributed by atoms with E-state index in [0.29, 0.717) is 24.3 Å². The molecule has 0 saturated heterocycles. The Labute approximate surface area is 477 Å². The fraction of sp³-hybridized carbons (Fsp3) is 0.133. The normalized spacial score (nSPS) is 12.0.